The first-order valence-electron chi connectivity index (χ1n) is 8.49. The van der Waals surface area contributed by atoms with E-state index in [-0.39, 0.29) is 41.9 Å². The largest absolute Gasteiger partial charge is 0.342 e. The van der Waals surface area contributed by atoms with Crippen molar-refractivity contribution in [2.45, 2.75) is 32.7 Å². The molecule has 7 heteroatoms. The zero-order valence-corrected chi connectivity index (χ0v) is 14.5. The van der Waals surface area contributed by atoms with Crippen molar-refractivity contribution in [2.24, 2.45) is 17.1 Å². The third-order valence-electron chi connectivity index (χ3n) is 5.30. The molecule has 3 rings (SSSR count). The average molecular weight is 351 g/mol. The first kappa shape index (κ1) is 17.8. The summed E-state index contributed by atoms with van der Waals surface area (Å²) in [6.45, 7) is 5.28. The number of benzene rings is 1. The topological polar surface area (TPSA) is 66.6 Å². The van der Waals surface area contributed by atoms with Crippen LogP contribution in [0.1, 0.15) is 26.7 Å². The summed E-state index contributed by atoms with van der Waals surface area (Å²) in [5.41, 5.74) is 5.94. The van der Waals surface area contributed by atoms with Crippen LogP contribution in [0, 0.1) is 23.0 Å². The summed E-state index contributed by atoms with van der Waals surface area (Å²) in [7, 11) is 0. The molecular formula is C18H23F2N3O2. The molecule has 0 aliphatic carbocycles. The summed E-state index contributed by atoms with van der Waals surface area (Å²) >= 11 is 0. The van der Waals surface area contributed by atoms with Crippen LogP contribution in [-0.4, -0.2) is 42.4 Å². The Bertz CT molecular complexity index is 708. The van der Waals surface area contributed by atoms with Crippen LogP contribution in [0.25, 0.3) is 0 Å². The molecule has 25 heavy (non-hydrogen) atoms. The van der Waals surface area contributed by atoms with Crippen LogP contribution < -0.4 is 10.6 Å². The van der Waals surface area contributed by atoms with E-state index in [0.29, 0.717) is 13.1 Å². The standard InChI is InChI=1S/C18H23F2N3O2/c1-18(2)10-22(6-5-15(18)21)17(25)11-7-16(24)23(9-11)14-4-3-12(19)8-13(14)20/h3-4,8,11,15H,5-7,9-10,21H2,1-2H3. The summed E-state index contributed by atoms with van der Waals surface area (Å²) < 4.78 is 27.0. The van der Waals surface area contributed by atoms with Crippen LogP contribution in [0.5, 0.6) is 0 Å². The predicted molar refractivity (Wildman–Crippen MR) is 89.8 cm³/mol. The number of nitrogens with two attached hydrogens (primary N) is 1. The Hall–Kier alpha value is -2.02. The average Bonchev–Trinajstić information content (AvgIpc) is 2.91. The van der Waals surface area contributed by atoms with Gasteiger partial charge in [-0.25, -0.2) is 8.78 Å². The number of nitrogens with zero attached hydrogens (tertiary/aromatic N) is 2. The number of halogens is 2. The van der Waals surface area contributed by atoms with E-state index in [9.17, 15) is 18.4 Å². The minimum Gasteiger partial charge on any atom is -0.342 e. The molecule has 0 bridgehead atoms. The first-order valence-corrected chi connectivity index (χ1v) is 8.49. The van der Waals surface area contributed by atoms with Gasteiger partial charge in [0.1, 0.15) is 11.6 Å². The van der Waals surface area contributed by atoms with E-state index >= 15 is 0 Å². The molecule has 2 aliphatic heterocycles. The van der Waals surface area contributed by atoms with Crippen LogP contribution in [-0.2, 0) is 9.59 Å². The van der Waals surface area contributed by atoms with E-state index in [1.54, 1.807) is 4.90 Å². The van der Waals surface area contributed by atoms with Gasteiger partial charge < -0.3 is 15.5 Å². The number of rotatable bonds is 2. The maximum Gasteiger partial charge on any atom is 0.228 e. The highest BCUT2D eigenvalue weighted by Crippen LogP contribution is 2.32. The quantitative estimate of drug-likeness (QED) is 0.885. The van der Waals surface area contributed by atoms with Crippen molar-refractivity contribution in [1.29, 1.82) is 0 Å². The first-order chi connectivity index (χ1) is 11.7. The number of hydrogen-bond acceptors (Lipinski definition) is 3. The lowest BCUT2D eigenvalue weighted by Crippen LogP contribution is -2.55. The maximum atomic E-state index is 14.0. The summed E-state index contributed by atoms with van der Waals surface area (Å²) in [5.74, 6) is -2.43. The lowest BCUT2D eigenvalue weighted by atomic mass is 9.79. The van der Waals surface area contributed by atoms with Gasteiger partial charge in [-0.05, 0) is 24.0 Å². The number of anilines is 1. The fourth-order valence-corrected chi connectivity index (χ4v) is 3.63. The second kappa shape index (κ2) is 6.37. The molecule has 136 valence electrons. The zero-order valence-electron chi connectivity index (χ0n) is 14.5. The van der Waals surface area contributed by atoms with E-state index in [1.165, 1.54) is 11.0 Å². The van der Waals surface area contributed by atoms with Crippen LogP contribution in [0.15, 0.2) is 18.2 Å². The minimum absolute atomic E-state index is 0.0164. The second-order valence-corrected chi connectivity index (χ2v) is 7.64. The van der Waals surface area contributed by atoms with Crippen LogP contribution in [0.4, 0.5) is 14.5 Å². The Balaban J connectivity index is 1.73. The summed E-state index contributed by atoms with van der Waals surface area (Å²) in [6, 6.07) is 3.12. The SMILES string of the molecule is CC1(C)CN(C(=O)C2CC(=O)N(c3ccc(F)cc3F)C2)CCC1N. The Morgan fingerprint density at radius 1 is 1.32 bits per heavy atom. The van der Waals surface area contributed by atoms with E-state index in [1.807, 2.05) is 13.8 Å². The van der Waals surface area contributed by atoms with E-state index in [0.717, 1.165) is 18.6 Å². The number of piperidine rings is 1. The second-order valence-electron chi connectivity index (χ2n) is 7.64. The Morgan fingerprint density at radius 2 is 2.04 bits per heavy atom. The van der Waals surface area contributed by atoms with E-state index in [4.69, 9.17) is 5.73 Å². The van der Waals surface area contributed by atoms with Gasteiger partial charge in [0.15, 0.2) is 0 Å². The van der Waals surface area contributed by atoms with Gasteiger partial charge in [-0.2, -0.15) is 0 Å². The molecule has 0 radical (unpaired) electrons. The monoisotopic (exact) mass is 351 g/mol. The van der Waals surface area contributed by atoms with Gasteiger partial charge in [0.2, 0.25) is 11.8 Å². The van der Waals surface area contributed by atoms with Gasteiger partial charge >= 0.3 is 0 Å². The van der Waals surface area contributed by atoms with Crippen molar-refractivity contribution < 1.29 is 18.4 Å². The summed E-state index contributed by atoms with van der Waals surface area (Å²) in [4.78, 5) is 28.1. The van der Waals surface area contributed by atoms with Crippen molar-refractivity contribution >= 4 is 17.5 Å². The third kappa shape index (κ3) is 3.38. The molecule has 2 unspecified atom stereocenters. The molecule has 0 aromatic heterocycles. The number of carbonyl (C=O) groups excluding carboxylic acids is 2. The van der Waals surface area contributed by atoms with Crippen LogP contribution in [0.3, 0.4) is 0 Å². The lowest BCUT2D eigenvalue weighted by Gasteiger charge is -2.43. The molecule has 2 fully saturated rings. The van der Waals surface area contributed by atoms with Crippen LogP contribution in [0.2, 0.25) is 0 Å². The number of carbonyl (C=O) groups is 2. The lowest BCUT2D eigenvalue weighted by molar-refractivity contribution is -0.139. The zero-order chi connectivity index (χ0) is 18.4. The smallest absolute Gasteiger partial charge is 0.228 e. The molecule has 1 aromatic rings. The number of likely N-dealkylation sites (tertiary alicyclic amines) is 1. The fraction of sp³-hybridized carbons (Fsp3) is 0.556. The summed E-state index contributed by atoms with van der Waals surface area (Å²) in [6.07, 6.45) is 0.758. The molecule has 1 aromatic carbocycles. The molecule has 2 saturated heterocycles. The molecule has 2 heterocycles. The van der Waals surface area contributed by atoms with Crippen LogP contribution >= 0.6 is 0 Å². The molecule has 0 spiro atoms. The van der Waals surface area contributed by atoms with E-state index in [2.05, 4.69) is 0 Å². The van der Waals surface area contributed by atoms with Crippen molar-refractivity contribution in [2.75, 3.05) is 24.5 Å². The molecule has 0 saturated carbocycles. The molecule has 2 amide bonds. The van der Waals surface area contributed by atoms with Crippen molar-refractivity contribution in [3.8, 4) is 0 Å². The minimum atomic E-state index is -0.800. The molecule has 2 N–H and O–H groups in total. The van der Waals surface area contributed by atoms with E-state index < -0.39 is 17.6 Å². The predicted octanol–water partition coefficient (Wildman–Crippen LogP) is 1.90. The number of hydrogen-bond donors (Lipinski definition) is 1. The van der Waals surface area contributed by atoms with Gasteiger partial charge in [-0.15, -0.1) is 0 Å². The summed E-state index contributed by atoms with van der Waals surface area (Å²) in [5, 5.41) is 0. The fourth-order valence-electron chi connectivity index (χ4n) is 3.63. The Labute approximate surface area is 145 Å². The van der Waals surface area contributed by atoms with Gasteiger partial charge in [0, 0.05) is 38.2 Å². The highest BCUT2D eigenvalue weighted by atomic mass is 19.1. The Kier molecular flexibility index (Phi) is 4.53. The molecule has 5 nitrogen and oxygen atoms in total. The Morgan fingerprint density at radius 3 is 2.68 bits per heavy atom. The molecule has 2 aliphatic rings. The third-order valence-corrected chi connectivity index (χ3v) is 5.30. The van der Waals surface area contributed by atoms with Gasteiger partial charge in [0.05, 0.1) is 11.6 Å². The maximum absolute atomic E-state index is 14.0. The number of amides is 2. The van der Waals surface area contributed by atoms with Gasteiger partial charge in [-0.3, -0.25) is 9.59 Å². The normalized spacial score (nSPS) is 26.2. The molecule has 2 atom stereocenters. The van der Waals surface area contributed by atoms with Crippen molar-refractivity contribution in [3.05, 3.63) is 29.8 Å². The van der Waals surface area contributed by atoms with Crippen molar-refractivity contribution in [3.63, 3.8) is 0 Å². The van der Waals surface area contributed by atoms with Gasteiger partial charge in [-0.1, -0.05) is 13.8 Å². The van der Waals surface area contributed by atoms with Gasteiger partial charge in [0.25, 0.3) is 0 Å². The highest BCUT2D eigenvalue weighted by molar-refractivity contribution is 6.00. The van der Waals surface area contributed by atoms with Crippen molar-refractivity contribution in [1.82, 2.24) is 4.90 Å². The molecular weight excluding hydrogens is 328 g/mol. The highest BCUT2D eigenvalue weighted by Gasteiger charge is 2.41.